The number of benzene rings is 2. The van der Waals surface area contributed by atoms with Crippen LogP contribution in [0.1, 0.15) is 37.9 Å². The molecular formula is C23H18FN5O4. The molecule has 0 bridgehead atoms. The Balaban J connectivity index is 1.42. The Morgan fingerprint density at radius 3 is 2.76 bits per heavy atom. The maximum Gasteiger partial charge on any atom is 0.356 e. The van der Waals surface area contributed by atoms with E-state index < -0.39 is 23.6 Å². The van der Waals surface area contributed by atoms with Gasteiger partial charge in [-0.05, 0) is 23.8 Å². The first kappa shape index (κ1) is 20.7. The van der Waals surface area contributed by atoms with Crippen LogP contribution in [-0.2, 0) is 19.5 Å². The topological polar surface area (TPSA) is 130 Å². The van der Waals surface area contributed by atoms with Crippen LogP contribution in [0, 0.1) is 5.82 Å². The average Bonchev–Trinajstić information content (AvgIpc) is 3.26. The van der Waals surface area contributed by atoms with E-state index >= 15 is 0 Å². The van der Waals surface area contributed by atoms with Gasteiger partial charge in [-0.25, -0.2) is 19.3 Å². The summed E-state index contributed by atoms with van der Waals surface area (Å²) in [5.41, 5.74) is 0.805. The number of aromatic carboxylic acids is 1. The summed E-state index contributed by atoms with van der Waals surface area (Å²) in [4.78, 5) is 40.3. The lowest BCUT2D eigenvalue weighted by Crippen LogP contribution is -2.44. The Kier molecular flexibility index (Phi) is 5.06. The van der Waals surface area contributed by atoms with E-state index in [1.54, 1.807) is 34.9 Å². The van der Waals surface area contributed by atoms with E-state index in [1.165, 1.54) is 18.3 Å². The molecule has 3 heterocycles. The van der Waals surface area contributed by atoms with Gasteiger partial charge in [-0.2, -0.15) is 5.10 Å². The molecule has 2 aromatic carbocycles. The molecule has 5 rings (SSSR count). The fourth-order valence-electron chi connectivity index (χ4n) is 4.07. The van der Waals surface area contributed by atoms with E-state index in [4.69, 9.17) is 5.11 Å². The zero-order chi connectivity index (χ0) is 23.1. The quantitative estimate of drug-likeness (QED) is 0.399. The third kappa shape index (κ3) is 3.80. The molecule has 1 atom stereocenters. The van der Waals surface area contributed by atoms with Gasteiger partial charge in [0.1, 0.15) is 11.6 Å². The third-order valence-corrected chi connectivity index (χ3v) is 5.72. The van der Waals surface area contributed by atoms with E-state index in [2.05, 4.69) is 20.5 Å². The molecule has 0 spiro atoms. The molecule has 1 aliphatic heterocycles. The van der Waals surface area contributed by atoms with Crippen LogP contribution in [0.15, 0.2) is 53.5 Å². The predicted octanol–water partition coefficient (Wildman–Crippen LogP) is 1.90. The molecule has 2 aromatic heterocycles. The van der Waals surface area contributed by atoms with Gasteiger partial charge in [-0.15, -0.1) is 0 Å². The van der Waals surface area contributed by atoms with Crippen molar-refractivity contribution >= 4 is 22.5 Å². The Bertz CT molecular complexity index is 1480. The van der Waals surface area contributed by atoms with Gasteiger partial charge in [0.05, 0.1) is 29.2 Å². The van der Waals surface area contributed by atoms with Crippen molar-refractivity contribution in [1.82, 2.24) is 25.1 Å². The number of carboxylic acids is 1. The second kappa shape index (κ2) is 8.06. The van der Waals surface area contributed by atoms with Crippen LogP contribution in [0.25, 0.3) is 10.8 Å². The Labute approximate surface area is 185 Å². The lowest BCUT2D eigenvalue weighted by atomic mass is 9.97. The number of nitrogens with zero attached hydrogens (tertiary/aromatic N) is 3. The SMILES string of the molecule is O=C(O)c1cn2c(n1)CNC(C(=O)c1cc(Cc3n[nH]c(=O)c4ccccc34)ccc1F)C2. The van der Waals surface area contributed by atoms with Crippen molar-refractivity contribution < 1.29 is 19.1 Å². The molecule has 0 radical (unpaired) electrons. The molecule has 4 aromatic rings. The van der Waals surface area contributed by atoms with E-state index in [9.17, 15) is 18.8 Å². The summed E-state index contributed by atoms with van der Waals surface area (Å²) >= 11 is 0. The van der Waals surface area contributed by atoms with E-state index in [0.29, 0.717) is 34.3 Å². The highest BCUT2D eigenvalue weighted by atomic mass is 19.1. The number of carbonyl (C=O) groups is 2. The fraction of sp³-hybridized carbons (Fsp3) is 0.174. The molecule has 1 unspecified atom stereocenters. The lowest BCUT2D eigenvalue weighted by Gasteiger charge is -2.24. The Morgan fingerprint density at radius 2 is 1.97 bits per heavy atom. The molecule has 1 aliphatic rings. The number of halogens is 1. The van der Waals surface area contributed by atoms with Crippen LogP contribution in [0.4, 0.5) is 4.39 Å². The summed E-state index contributed by atoms with van der Waals surface area (Å²) < 4.78 is 16.2. The highest BCUT2D eigenvalue weighted by Gasteiger charge is 2.29. The molecular weight excluding hydrogens is 429 g/mol. The van der Waals surface area contributed by atoms with Crippen LogP contribution in [0.5, 0.6) is 0 Å². The van der Waals surface area contributed by atoms with E-state index in [-0.39, 0.29) is 29.9 Å². The number of aromatic nitrogens is 4. The maximum atomic E-state index is 14.6. The molecule has 10 heteroatoms. The summed E-state index contributed by atoms with van der Waals surface area (Å²) in [6.45, 7) is 0.336. The number of imidazole rings is 1. The number of H-pyrrole nitrogens is 1. The summed E-state index contributed by atoms with van der Waals surface area (Å²) in [6, 6.07) is 10.6. The van der Waals surface area contributed by atoms with Gasteiger partial charge in [-0.1, -0.05) is 24.3 Å². The lowest BCUT2D eigenvalue weighted by molar-refractivity contribution is 0.0690. The number of aromatic amines is 1. The number of Topliss-reactive ketones (excluding diaryl/α,β-unsaturated/α-hetero) is 1. The maximum absolute atomic E-state index is 14.6. The van der Waals surface area contributed by atoms with Crippen molar-refractivity contribution in [1.29, 1.82) is 0 Å². The van der Waals surface area contributed by atoms with Crippen LogP contribution >= 0.6 is 0 Å². The van der Waals surface area contributed by atoms with Gasteiger partial charge < -0.3 is 9.67 Å². The highest BCUT2D eigenvalue weighted by Crippen LogP contribution is 2.21. The minimum absolute atomic E-state index is 0.0687. The number of carbonyl (C=O) groups excluding carboxylic acids is 1. The molecule has 0 fully saturated rings. The number of rotatable bonds is 5. The second-order valence-electron chi connectivity index (χ2n) is 7.83. The number of carboxylic acid groups (broad SMARTS) is 1. The zero-order valence-electron chi connectivity index (χ0n) is 17.2. The third-order valence-electron chi connectivity index (χ3n) is 5.72. The number of nitrogens with one attached hydrogen (secondary N) is 2. The molecule has 0 saturated heterocycles. The first-order valence-corrected chi connectivity index (χ1v) is 10.2. The molecule has 166 valence electrons. The van der Waals surface area contributed by atoms with Gasteiger partial charge in [0, 0.05) is 24.5 Å². The molecule has 0 aliphatic carbocycles. The predicted molar refractivity (Wildman–Crippen MR) is 116 cm³/mol. The average molecular weight is 447 g/mol. The van der Waals surface area contributed by atoms with Gasteiger partial charge in [0.25, 0.3) is 5.56 Å². The number of hydrogen-bond acceptors (Lipinski definition) is 6. The summed E-state index contributed by atoms with van der Waals surface area (Å²) in [7, 11) is 0. The smallest absolute Gasteiger partial charge is 0.356 e. The summed E-state index contributed by atoms with van der Waals surface area (Å²) in [5, 5.41) is 19.9. The monoisotopic (exact) mass is 447 g/mol. The van der Waals surface area contributed by atoms with Crippen molar-refractivity contribution in [3.05, 3.63) is 93.2 Å². The molecule has 0 amide bonds. The van der Waals surface area contributed by atoms with Gasteiger partial charge in [0.2, 0.25) is 0 Å². The van der Waals surface area contributed by atoms with Crippen LogP contribution in [0.2, 0.25) is 0 Å². The summed E-state index contributed by atoms with van der Waals surface area (Å²) in [6.07, 6.45) is 1.67. The molecule has 9 nitrogen and oxygen atoms in total. The van der Waals surface area contributed by atoms with Gasteiger partial charge in [0.15, 0.2) is 11.5 Å². The molecule has 0 saturated carbocycles. The zero-order valence-corrected chi connectivity index (χ0v) is 17.2. The van der Waals surface area contributed by atoms with Crippen molar-refractivity contribution in [2.75, 3.05) is 0 Å². The van der Waals surface area contributed by atoms with Crippen LogP contribution in [-0.4, -0.2) is 42.6 Å². The van der Waals surface area contributed by atoms with Gasteiger partial charge in [-0.3, -0.25) is 14.9 Å². The molecule has 33 heavy (non-hydrogen) atoms. The van der Waals surface area contributed by atoms with Crippen LogP contribution in [0.3, 0.4) is 0 Å². The van der Waals surface area contributed by atoms with Crippen molar-refractivity contribution in [3.63, 3.8) is 0 Å². The number of ketones is 1. The number of hydrogen-bond donors (Lipinski definition) is 3. The normalized spacial score (nSPS) is 15.4. The largest absolute Gasteiger partial charge is 0.476 e. The van der Waals surface area contributed by atoms with Gasteiger partial charge >= 0.3 is 5.97 Å². The fourth-order valence-corrected chi connectivity index (χ4v) is 4.07. The standard InChI is InChI=1S/C23H18FN5O4/c24-16-6-5-12(8-17-13-3-1-2-4-14(13)22(31)28-27-17)7-15(16)21(30)18-10-29-11-19(23(32)33)26-20(29)9-25-18/h1-7,11,18,25H,8-10H2,(H,28,31)(H,32,33). The first-order chi connectivity index (χ1) is 15.9. The minimum atomic E-state index is -1.15. The Hall–Kier alpha value is -4.18. The Morgan fingerprint density at radius 1 is 1.18 bits per heavy atom. The summed E-state index contributed by atoms with van der Waals surface area (Å²) in [5.74, 6) is -1.74. The highest BCUT2D eigenvalue weighted by molar-refractivity contribution is 6.00. The second-order valence-corrected chi connectivity index (χ2v) is 7.83. The minimum Gasteiger partial charge on any atom is -0.476 e. The first-order valence-electron chi connectivity index (χ1n) is 10.2. The van der Waals surface area contributed by atoms with Crippen molar-refractivity contribution in [3.8, 4) is 0 Å². The van der Waals surface area contributed by atoms with Crippen molar-refractivity contribution in [2.45, 2.75) is 25.6 Å². The number of fused-ring (bicyclic) bond motifs is 2. The van der Waals surface area contributed by atoms with Crippen molar-refractivity contribution in [2.24, 2.45) is 0 Å². The van der Waals surface area contributed by atoms with Crippen LogP contribution < -0.4 is 10.9 Å². The van der Waals surface area contributed by atoms with E-state index in [0.717, 1.165) is 0 Å². The molecule has 3 N–H and O–H groups in total. The van der Waals surface area contributed by atoms with E-state index in [1.807, 2.05) is 0 Å².